The van der Waals surface area contributed by atoms with Crippen LogP contribution in [0.3, 0.4) is 0 Å². The van der Waals surface area contributed by atoms with Crippen molar-refractivity contribution in [3.8, 4) is 5.75 Å². The molecule has 2 N–H and O–H groups in total. The molecule has 0 heterocycles. The molecule has 0 amide bonds. The molecule has 0 aromatic heterocycles. The van der Waals surface area contributed by atoms with Crippen LogP contribution in [0.15, 0.2) is 18.2 Å². The first-order chi connectivity index (χ1) is 9.89. The molecule has 0 saturated carbocycles. The molecule has 4 nitrogen and oxygen atoms in total. The molecule has 0 fully saturated rings. The zero-order valence-electron chi connectivity index (χ0n) is 12.9. The Morgan fingerprint density at radius 3 is 2.76 bits per heavy atom. The summed E-state index contributed by atoms with van der Waals surface area (Å²) in [5.74, 6) is -0.509. The molecule has 0 radical (unpaired) electrons. The molecule has 0 saturated heterocycles. The molecular formula is C16H24FNO3. The van der Waals surface area contributed by atoms with Gasteiger partial charge < -0.3 is 15.2 Å². The van der Waals surface area contributed by atoms with Gasteiger partial charge in [-0.2, -0.15) is 0 Å². The van der Waals surface area contributed by atoms with Crippen molar-refractivity contribution in [1.82, 2.24) is 5.32 Å². The molecule has 1 aromatic rings. The molecule has 0 aliphatic carbocycles. The second kappa shape index (κ2) is 7.98. The Balaban J connectivity index is 2.43. The largest absolute Gasteiger partial charge is 0.494 e. The average molecular weight is 297 g/mol. The minimum absolute atomic E-state index is 0.260. The molecule has 1 rings (SSSR count). The summed E-state index contributed by atoms with van der Waals surface area (Å²) in [4.78, 5) is 11.3. The SMILES string of the molecule is CCCNC(C)(CCCOc1ccc(F)c(C)c1)C(=O)O. The Morgan fingerprint density at radius 1 is 1.48 bits per heavy atom. The van der Waals surface area contributed by atoms with Gasteiger partial charge in [0.15, 0.2) is 0 Å². The van der Waals surface area contributed by atoms with Crippen molar-refractivity contribution in [2.24, 2.45) is 0 Å². The summed E-state index contributed by atoms with van der Waals surface area (Å²) in [7, 11) is 0. The van der Waals surface area contributed by atoms with Gasteiger partial charge in [0, 0.05) is 0 Å². The second-order valence-corrected chi connectivity index (χ2v) is 5.43. The Labute approximate surface area is 125 Å². The molecular weight excluding hydrogens is 273 g/mol. The van der Waals surface area contributed by atoms with Crippen LogP contribution in [0, 0.1) is 12.7 Å². The van der Waals surface area contributed by atoms with Gasteiger partial charge in [-0.15, -0.1) is 0 Å². The minimum atomic E-state index is -0.932. The number of carboxylic acid groups (broad SMARTS) is 1. The number of benzene rings is 1. The Hall–Kier alpha value is -1.62. The zero-order chi connectivity index (χ0) is 15.9. The molecule has 5 heteroatoms. The van der Waals surface area contributed by atoms with E-state index < -0.39 is 11.5 Å². The van der Waals surface area contributed by atoms with Gasteiger partial charge in [0.1, 0.15) is 17.1 Å². The maximum atomic E-state index is 13.1. The zero-order valence-corrected chi connectivity index (χ0v) is 12.9. The molecule has 0 bridgehead atoms. The van der Waals surface area contributed by atoms with Crippen molar-refractivity contribution in [3.05, 3.63) is 29.6 Å². The monoisotopic (exact) mass is 297 g/mol. The summed E-state index contributed by atoms with van der Waals surface area (Å²) < 4.78 is 18.7. The topological polar surface area (TPSA) is 58.6 Å². The van der Waals surface area contributed by atoms with E-state index in [9.17, 15) is 14.3 Å². The van der Waals surface area contributed by atoms with Crippen LogP contribution in [0.2, 0.25) is 0 Å². The first kappa shape index (κ1) is 17.4. The van der Waals surface area contributed by atoms with E-state index in [2.05, 4.69) is 5.32 Å². The summed E-state index contributed by atoms with van der Waals surface area (Å²) in [5, 5.41) is 12.4. The number of carboxylic acids is 1. The predicted octanol–water partition coefficient (Wildman–Crippen LogP) is 3.14. The van der Waals surface area contributed by atoms with E-state index >= 15 is 0 Å². The number of ether oxygens (including phenoxy) is 1. The Morgan fingerprint density at radius 2 is 2.19 bits per heavy atom. The number of rotatable bonds is 9. The van der Waals surface area contributed by atoms with Crippen LogP contribution < -0.4 is 10.1 Å². The van der Waals surface area contributed by atoms with E-state index in [-0.39, 0.29) is 5.82 Å². The van der Waals surface area contributed by atoms with E-state index in [0.717, 1.165) is 6.42 Å². The lowest BCUT2D eigenvalue weighted by atomic mass is 9.96. The third-order valence-electron chi connectivity index (χ3n) is 3.46. The summed E-state index contributed by atoms with van der Waals surface area (Å²) in [6.07, 6.45) is 1.96. The third kappa shape index (κ3) is 5.34. The summed E-state index contributed by atoms with van der Waals surface area (Å²) in [6, 6.07) is 4.59. The van der Waals surface area contributed by atoms with Gasteiger partial charge in [0.05, 0.1) is 6.61 Å². The number of hydrogen-bond donors (Lipinski definition) is 2. The fourth-order valence-electron chi connectivity index (χ4n) is 1.99. The molecule has 1 aromatic carbocycles. The van der Waals surface area contributed by atoms with Crippen molar-refractivity contribution in [3.63, 3.8) is 0 Å². The van der Waals surface area contributed by atoms with Gasteiger partial charge in [-0.05, 0) is 63.4 Å². The van der Waals surface area contributed by atoms with Crippen molar-refractivity contribution >= 4 is 5.97 Å². The van der Waals surface area contributed by atoms with Gasteiger partial charge >= 0.3 is 5.97 Å². The van der Waals surface area contributed by atoms with Gasteiger partial charge in [0.2, 0.25) is 0 Å². The Bertz CT molecular complexity index is 479. The number of aliphatic carboxylic acids is 1. The molecule has 118 valence electrons. The van der Waals surface area contributed by atoms with Crippen molar-refractivity contribution in [2.45, 2.75) is 45.6 Å². The van der Waals surface area contributed by atoms with E-state index in [1.54, 1.807) is 26.0 Å². The van der Waals surface area contributed by atoms with Gasteiger partial charge in [-0.3, -0.25) is 4.79 Å². The number of nitrogens with one attached hydrogen (secondary N) is 1. The summed E-state index contributed by atoms with van der Waals surface area (Å²) >= 11 is 0. The number of aryl methyl sites for hydroxylation is 1. The molecule has 21 heavy (non-hydrogen) atoms. The third-order valence-corrected chi connectivity index (χ3v) is 3.46. The van der Waals surface area contributed by atoms with Gasteiger partial charge in [-0.1, -0.05) is 6.92 Å². The molecule has 0 aliphatic rings. The van der Waals surface area contributed by atoms with Crippen LogP contribution in [0.5, 0.6) is 5.75 Å². The van der Waals surface area contributed by atoms with Gasteiger partial charge in [0.25, 0.3) is 0 Å². The lowest BCUT2D eigenvalue weighted by Gasteiger charge is -2.26. The first-order valence-electron chi connectivity index (χ1n) is 7.26. The van der Waals surface area contributed by atoms with Crippen molar-refractivity contribution < 1.29 is 19.0 Å². The number of hydrogen-bond acceptors (Lipinski definition) is 3. The summed E-state index contributed by atoms with van der Waals surface area (Å²) in [5.41, 5.74) is -0.398. The van der Waals surface area contributed by atoms with E-state index in [4.69, 9.17) is 4.74 Å². The maximum absolute atomic E-state index is 13.1. The minimum Gasteiger partial charge on any atom is -0.494 e. The Kier molecular flexibility index (Phi) is 6.62. The quantitative estimate of drug-likeness (QED) is 0.688. The molecule has 0 aliphatic heterocycles. The fourth-order valence-corrected chi connectivity index (χ4v) is 1.99. The fraction of sp³-hybridized carbons (Fsp3) is 0.562. The molecule has 0 spiro atoms. The summed E-state index contributed by atoms with van der Waals surface area (Å²) in [6.45, 7) is 6.43. The lowest BCUT2D eigenvalue weighted by Crippen LogP contribution is -2.49. The molecule has 1 unspecified atom stereocenters. The highest BCUT2D eigenvalue weighted by molar-refractivity contribution is 5.78. The lowest BCUT2D eigenvalue weighted by molar-refractivity contribution is -0.144. The molecule has 1 atom stereocenters. The van der Waals surface area contributed by atoms with E-state index in [1.165, 1.54) is 6.07 Å². The normalized spacial score (nSPS) is 13.7. The van der Waals surface area contributed by atoms with Crippen LogP contribution in [0.25, 0.3) is 0 Å². The van der Waals surface area contributed by atoms with Crippen LogP contribution in [-0.2, 0) is 4.79 Å². The highest BCUT2D eigenvalue weighted by atomic mass is 19.1. The van der Waals surface area contributed by atoms with Crippen molar-refractivity contribution in [2.75, 3.05) is 13.2 Å². The second-order valence-electron chi connectivity index (χ2n) is 5.43. The van der Waals surface area contributed by atoms with Crippen LogP contribution in [0.4, 0.5) is 4.39 Å². The van der Waals surface area contributed by atoms with E-state index in [1.807, 2.05) is 6.92 Å². The highest BCUT2D eigenvalue weighted by Crippen LogP contribution is 2.18. The maximum Gasteiger partial charge on any atom is 0.323 e. The number of halogens is 1. The van der Waals surface area contributed by atoms with Crippen LogP contribution in [-0.4, -0.2) is 29.8 Å². The smallest absolute Gasteiger partial charge is 0.323 e. The first-order valence-corrected chi connectivity index (χ1v) is 7.26. The van der Waals surface area contributed by atoms with Crippen molar-refractivity contribution in [1.29, 1.82) is 0 Å². The standard InChI is InChI=1S/C16H24FNO3/c1-4-9-18-16(3,15(19)20)8-5-10-21-13-6-7-14(17)12(2)11-13/h6-7,11,18H,4-5,8-10H2,1-3H3,(H,19,20). The average Bonchev–Trinajstić information content (AvgIpc) is 2.45. The van der Waals surface area contributed by atoms with Crippen LogP contribution >= 0.6 is 0 Å². The van der Waals surface area contributed by atoms with E-state index in [0.29, 0.717) is 37.3 Å². The predicted molar refractivity (Wildman–Crippen MR) is 80.2 cm³/mol. The van der Waals surface area contributed by atoms with Gasteiger partial charge in [-0.25, -0.2) is 4.39 Å². The number of carbonyl (C=O) groups is 1. The highest BCUT2D eigenvalue weighted by Gasteiger charge is 2.31. The van der Waals surface area contributed by atoms with Crippen LogP contribution in [0.1, 0.15) is 38.7 Å².